The first-order valence-electron chi connectivity index (χ1n) is 7.54. The van der Waals surface area contributed by atoms with E-state index in [0.29, 0.717) is 6.42 Å². The van der Waals surface area contributed by atoms with Crippen LogP contribution in [0.2, 0.25) is 0 Å². The van der Waals surface area contributed by atoms with Crippen molar-refractivity contribution < 1.29 is 9.53 Å². The second-order valence-corrected chi connectivity index (χ2v) is 6.62. The largest absolute Gasteiger partial charge is 0.377 e. The fraction of sp³-hybridized carbons (Fsp3) is 0.812. The van der Waals surface area contributed by atoms with Gasteiger partial charge in [-0.2, -0.15) is 0 Å². The van der Waals surface area contributed by atoms with Gasteiger partial charge in [0, 0.05) is 30.4 Å². The first-order valence-corrected chi connectivity index (χ1v) is 7.54. The van der Waals surface area contributed by atoms with Gasteiger partial charge >= 0.3 is 0 Å². The van der Waals surface area contributed by atoms with E-state index < -0.39 is 5.54 Å². The van der Waals surface area contributed by atoms with Crippen LogP contribution in [0.1, 0.15) is 46.5 Å². The Bertz CT molecular complexity index is 427. The summed E-state index contributed by atoms with van der Waals surface area (Å²) in [6, 6.07) is 0.00674. The summed E-state index contributed by atoms with van der Waals surface area (Å²) in [4.78, 5) is 12.7. The van der Waals surface area contributed by atoms with Crippen molar-refractivity contribution in [3.8, 4) is 12.3 Å². The molecule has 0 bridgehead atoms. The van der Waals surface area contributed by atoms with Gasteiger partial charge in [-0.25, -0.2) is 0 Å². The smallest absolute Gasteiger partial charge is 0.241 e. The number of carbonyl (C=O) groups is 1. The van der Waals surface area contributed by atoms with Crippen LogP contribution in [0.25, 0.3) is 0 Å². The second-order valence-electron chi connectivity index (χ2n) is 6.62. The van der Waals surface area contributed by atoms with Gasteiger partial charge in [0.2, 0.25) is 5.91 Å². The molecule has 1 amide bonds. The molecule has 112 valence electrons. The zero-order valence-corrected chi connectivity index (χ0v) is 12.7. The molecule has 0 aromatic rings. The number of ether oxygens (including phenoxy) is 1. The number of amides is 1. The molecule has 0 aromatic heterocycles. The van der Waals surface area contributed by atoms with E-state index >= 15 is 0 Å². The van der Waals surface area contributed by atoms with Crippen molar-refractivity contribution >= 4 is 5.91 Å². The van der Waals surface area contributed by atoms with Crippen molar-refractivity contribution in [3.05, 3.63) is 0 Å². The van der Waals surface area contributed by atoms with Gasteiger partial charge in [-0.15, -0.1) is 12.3 Å². The van der Waals surface area contributed by atoms with Crippen LogP contribution >= 0.6 is 0 Å². The standard InChI is InChI=1S/C16H26N2O2/c1-5-8-11(6-2)18-14(19)16(17)12-9-7-10-20-13(12)15(16,3)4/h1,11-13H,6-10,17H2,2-4H3,(H,18,19). The maximum Gasteiger partial charge on any atom is 0.241 e. The highest BCUT2D eigenvalue weighted by Gasteiger charge is 2.70. The second kappa shape index (κ2) is 5.38. The van der Waals surface area contributed by atoms with Crippen molar-refractivity contribution in [3.63, 3.8) is 0 Å². The first-order chi connectivity index (χ1) is 9.39. The summed E-state index contributed by atoms with van der Waals surface area (Å²) in [6.45, 7) is 6.85. The third-order valence-electron chi connectivity index (χ3n) is 5.25. The Labute approximate surface area is 121 Å². The molecule has 1 heterocycles. The molecule has 2 rings (SSSR count). The monoisotopic (exact) mass is 278 g/mol. The van der Waals surface area contributed by atoms with Gasteiger partial charge in [0.25, 0.3) is 0 Å². The molecular weight excluding hydrogens is 252 g/mol. The van der Waals surface area contributed by atoms with Gasteiger partial charge in [0.1, 0.15) is 5.54 Å². The summed E-state index contributed by atoms with van der Waals surface area (Å²) in [6.07, 6.45) is 8.74. The first kappa shape index (κ1) is 15.3. The summed E-state index contributed by atoms with van der Waals surface area (Å²) in [5.74, 6) is 2.66. The van der Waals surface area contributed by atoms with Gasteiger partial charge in [-0.1, -0.05) is 20.8 Å². The minimum atomic E-state index is -0.847. The Morgan fingerprint density at radius 2 is 2.30 bits per heavy atom. The van der Waals surface area contributed by atoms with Crippen molar-refractivity contribution in [2.45, 2.75) is 64.1 Å². The molecule has 0 aromatic carbocycles. The van der Waals surface area contributed by atoms with E-state index in [1.165, 1.54) is 0 Å². The third-order valence-corrected chi connectivity index (χ3v) is 5.25. The van der Waals surface area contributed by atoms with Gasteiger partial charge in [-0.05, 0) is 19.3 Å². The summed E-state index contributed by atoms with van der Waals surface area (Å²) in [7, 11) is 0. The molecule has 4 atom stereocenters. The molecule has 4 heteroatoms. The van der Waals surface area contributed by atoms with E-state index in [2.05, 4.69) is 11.2 Å². The predicted octanol–water partition coefficient (Wildman–Crippen LogP) is 1.44. The van der Waals surface area contributed by atoms with Gasteiger partial charge < -0.3 is 15.8 Å². The Morgan fingerprint density at radius 1 is 1.60 bits per heavy atom. The van der Waals surface area contributed by atoms with Crippen LogP contribution in [0.4, 0.5) is 0 Å². The average Bonchev–Trinajstić information content (AvgIpc) is 2.45. The van der Waals surface area contributed by atoms with Crippen LogP contribution in [-0.4, -0.2) is 30.2 Å². The van der Waals surface area contributed by atoms with Crippen LogP contribution < -0.4 is 11.1 Å². The van der Waals surface area contributed by atoms with E-state index in [4.69, 9.17) is 16.9 Å². The molecule has 4 nitrogen and oxygen atoms in total. The van der Waals surface area contributed by atoms with E-state index in [-0.39, 0.29) is 29.4 Å². The lowest BCUT2D eigenvalue weighted by Gasteiger charge is -2.65. The molecule has 3 N–H and O–H groups in total. The number of nitrogens with one attached hydrogen (secondary N) is 1. The number of nitrogens with two attached hydrogens (primary N) is 1. The summed E-state index contributed by atoms with van der Waals surface area (Å²) < 4.78 is 5.82. The zero-order chi connectivity index (χ0) is 15.0. The topological polar surface area (TPSA) is 64.4 Å². The van der Waals surface area contributed by atoms with Crippen LogP contribution in [0.3, 0.4) is 0 Å². The lowest BCUT2D eigenvalue weighted by Crippen LogP contribution is -2.82. The number of terminal acetylenes is 1. The minimum Gasteiger partial charge on any atom is -0.377 e. The van der Waals surface area contributed by atoms with Crippen LogP contribution in [0.15, 0.2) is 0 Å². The Balaban J connectivity index is 2.13. The highest BCUT2D eigenvalue weighted by Crippen LogP contribution is 2.57. The van der Waals surface area contributed by atoms with Crippen molar-refractivity contribution in [2.24, 2.45) is 17.1 Å². The molecule has 0 spiro atoms. The van der Waals surface area contributed by atoms with E-state index in [9.17, 15) is 4.79 Å². The predicted molar refractivity (Wildman–Crippen MR) is 78.8 cm³/mol. The maximum atomic E-state index is 12.7. The highest BCUT2D eigenvalue weighted by molar-refractivity contribution is 5.89. The lowest BCUT2D eigenvalue weighted by molar-refractivity contribution is -0.225. The van der Waals surface area contributed by atoms with E-state index in [1.54, 1.807) is 0 Å². The van der Waals surface area contributed by atoms with Crippen LogP contribution in [-0.2, 0) is 9.53 Å². The fourth-order valence-corrected chi connectivity index (χ4v) is 3.78. The fourth-order valence-electron chi connectivity index (χ4n) is 3.78. The molecule has 2 aliphatic rings. The molecular formula is C16H26N2O2. The minimum absolute atomic E-state index is 0.00674. The van der Waals surface area contributed by atoms with Crippen molar-refractivity contribution in [1.29, 1.82) is 0 Å². The number of rotatable bonds is 4. The summed E-state index contributed by atoms with van der Waals surface area (Å²) in [5, 5.41) is 3.04. The van der Waals surface area contributed by atoms with Gasteiger partial charge in [0.15, 0.2) is 0 Å². The van der Waals surface area contributed by atoms with Gasteiger partial charge in [-0.3, -0.25) is 4.79 Å². The van der Waals surface area contributed by atoms with Crippen molar-refractivity contribution in [1.82, 2.24) is 5.32 Å². The van der Waals surface area contributed by atoms with E-state index in [0.717, 1.165) is 25.9 Å². The normalized spacial score (nSPS) is 36.1. The number of hydrogen-bond donors (Lipinski definition) is 2. The molecule has 20 heavy (non-hydrogen) atoms. The number of carbonyl (C=O) groups excluding carboxylic acids is 1. The maximum absolute atomic E-state index is 12.7. The molecule has 1 saturated carbocycles. The molecule has 0 radical (unpaired) electrons. The summed E-state index contributed by atoms with van der Waals surface area (Å²) >= 11 is 0. The number of fused-ring (bicyclic) bond motifs is 1. The highest BCUT2D eigenvalue weighted by atomic mass is 16.5. The van der Waals surface area contributed by atoms with Crippen LogP contribution in [0.5, 0.6) is 0 Å². The third kappa shape index (κ3) is 2.04. The molecule has 1 saturated heterocycles. The quantitative estimate of drug-likeness (QED) is 0.765. The molecule has 2 fully saturated rings. The molecule has 4 unspecified atom stereocenters. The Kier molecular flexibility index (Phi) is 4.13. The summed E-state index contributed by atoms with van der Waals surface area (Å²) in [5.41, 5.74) is 5.35. The number of hydrogen-bond acceptors (Lipinski definition) is 3. The average molecular weight is 278 g/mol. The lowest BCUT2D eigenvalue weighted by atomic mass is 9.46. The molecule has 1 aliphatic carbocycles. The Hall–Kier alpha value is -1.05. The Morgan fingerprint density at radius 3 is 2.90 bits per heavy atom. The molecule has 1 aliphatic heterocycles. The van der Waals surface area contributed by atoms with Crippen molar-refractivity contribution in [2.75, 3.05) is 6.61 Å². The zero-order valence-electron chi connectivity index (χ0n) is 12.7. The van der Waals surface area contributed by atoms with Crippen LogP contribution in [0, 0.1) is 23.7 Å². The van der Waals surface area contributed by atoms with Gasteiger partial charge in [0.05, 0.1) is 6.10 Å². The van der Waals surface area contributed by atoms with E-state index in [1.807, 2.05) is 20.8 Å². The SMILES string of the molecule is C#CCC(CC)NC(=O)C1(N)C2CCCOC2C1(C)C.